The number of nitrogens with one attached hydrogen (secondary N) is 3. The number of thiocarbonyl (C=S) groups is 1. The van der Waals surface area contributed by atoms with Gasteiger partial charge in [0.2, 0.25) is 0 Å². The summed E-state index contributed by atoms with van der Waals surface area (Å²) in [4.78, 5) is 12.1. The number of amides is 1. The second kappa shape index (κ2) is 11.1. The number of methoxy groups -OCH3 is 1. The van der Waals surface area contributed by atoms with E-state index in [1.165, 1.54) is 0 Å². The zero-order valence-corrected chi connectivity index (χ0v) is 18.0. The molecule has 6 nitrogen and oxygen atoms in total. The van der Waals surface area contributed by atoms with Crippen LogP contribution in [0.4, 0.5) is 5.69 Å². The molecule has 2 rings (SSSR count). The Balaban J connectivity index is 1.87. The SMILES string of the molecule is C/C=C/c1ccc(OCC(=O)NNC(=S)Nc2c(C)cccc2CC)c(OC)c1. The molecule has 0 aliphatic carbocycles. The van der Waals surface area contributed by atoms with Gasteiger partial charge in [-0.2, -0.15) is 0 Å². The molecule has 7 heteroatoms. The van der Waals surface area contributed by atoms with E-state index in [1.807, 2.05) is 56.3 Å². The Morgan fingerprint density at radius 3 is 2.66 bits per heavy atom. The summed E-state index contributed by atoms with van der Waals surface area (Å²) in [6, 6.07) is 11.6. The number of benzene rings is 2. The summed E-state index contributed by atoms with van der Waals surface area (Å²) < 4.78 is 10.9. The smallest absolute Gasteiger partial charge is 0.276 e. The largest absolute Gasteiger partial charge is 0.493 e. The molecule has 154 valence electrons. The van der Waals surface area contributed by atoms with E-state index in [0.29, 0.717) is 16.6 Å². The molecule has 0 saturated heterocycles. The third kappa shape index (κ3) is 6.50. The normalized spacial score (nSPS) is 10.5. The van der Waals surface area contributed by atoms with Crippen LogP contribution in [0.3, 0.4) is 0 Å². The molecule has 0 spiro atoms. The van der Waals surface area contributed by atoms with E-state index >= 15 is 0 Å². The molecule has 0 aliphatic rings. The van der Waals surface area contributed by atoms with E-state index in [1.54, 1.807) is 13.2 Å². The minimum Gasteiger partial charge on any atom is -0.493 e. The summed E-state index contributed by atoms with van der Waals surface area (Å²) in [5, 5.41) is 3.44. The van der Waals surface area contributed by atoms with Gasteiger partial charge < -0.3 is 14.8 Å². The fraction of sp³-hybridized carbons (Fsp3) is 0.273. The van der Waals surface area contributed by atoms with Gasteiger partial charge in [0.15, 0.2) is 23.2 Å². The highest BCUT2D eigenvalue weighted by molar-refractivity contribution is 7.80. The van der Waals surface area contributed by atoms with E-state index in [0.717, 1.165) is 28.8 Å². The van der Waals surface area contributed by atoms with Gasteiger partial charge in [-0.15, -0.1) is 0 Å². The van der Waals surface area contributed by atoms with Crippen molar-refractivity contribution in [1.29, 1.82) is 0 Å². The van der Waals surface area contributed by atoms with Crippen LogP contribution in [-0.4, -0.2) is 24.7 Å². The summed E-state index contributed by atoms with van der Waals surface area (Å²) >= 11 is 5.27. The van der Waals surface area contributed by atoms with E-state index in [4.69, 9.17) is 21.7 Å². The topological polar surface area (TPSA) is 71.6 Å². The van der Waals surface area contributed by atoms with Crippen LogP contribution in [0.5, 0.6) is 11.5 Å². The van der Waals surface area contributed by atoms with Gasteiger partial charge in [-0.05, 0) is 61.3 Å². The van der Waals surface area contributed by atoms with Gasteiger partial charge in [0, 0.05) is 5.69 Å². The number of para-hydroxylation sites is 1. The van der Waals surface area contributed by atoms with Crippen molar-refractivity contribution in [3.63, 3.8) is 0 Å². The lowest BCUT2D eigenvalue weighted by Gasteiger charge is -2.16. The molecule has 0 atom stereocenters. The Morgan fingerprint density at radius 2 is 1.97 bits per heavy atom. The molecule has 0 bridgehead atoms. The third-order valence-electron chi connectivity index (χ3n) is 4.20. The van der Waals surface area contributed by atoms with Crippen LogP contribution < -0.4 is 25.6 Å². The van der Waals surface area contributed by atoms with Crippen molar-refractivity contribution >= 4 is 35.0 Å². The molecule has 3 N–H and O–H groups in total. The molecule has 0 aliphatic heterocycles. The van der Waals surface area contributed by atoms with Crippen molar-refractivity contribution in [2.75, 3.05) is 19.0 Å². The van der Waals surface area contributed by atoms with Crippen LogP contribution in [0.15, 0.2) is 42.5 Å². The maximum atomic E-state index is 12.1. The van der Waals surface area contributed by atoms with Crippen molar-refractivity contribution in [2.24, 2.45) is 0 Å². The maximum absolute atomic E-state index is 12.1. The number of hydrazine groups is 1. The molecular formula is C22H27N3O3S. The third-order valence-corrected chi connectivity index (χ3v) is 4.40. The Labute approximate surface area is 177 Å². The maximum Gasteiger partial charge on any atom is 0.276 e. The van der Waals surface area contributed by atoms with Crippen molar-refractivity contribution in [1.82, 2.24) is 10.9 Å². The molecule has 1 amide bonds. The number of anilines is 1. The number of ether oxygens (including phenoxy) is 2. The molecule has 2 aromatic carbocycles. The van der Waals surface area contributed by atoms with E-state index in [9.17, 15) is 4.79 Å². The number of carbonyl (C=O) groups excluding carboxylic acids is 1. The quantitative estimate of drug-likeness (QED) is 0.471. The van der Waals surface area contributed by atoms with Crippen LogP contribution in [0.25, 0.3) is 6.08 Å². The first-order valence-electron chi connectivity index (χ1n) is 9.36. The van der Waals surface area contributed by atoms with Crippen LogP contribution in [-0.2, 0) is 11.2 Å². The Kier molecular flexibility index (Phi) is 8.48. The molecule has 0 fully saturated rings. The van der Waals surface area contributed by atoms with Crippen LogP contribution in [0, 0.1) is 6.92 Å². The van der Waals surface area contributed by atoms with Gasteiger partial charge in [-0.3, -0.25) is 15.6 Å². The number of aryl methyl sites for hydroxylation is 2. The lowest BCUT2D eigenvalue weighted by Crippen LogP contribution is -2.45. The van der Waals surface area contributed by atoms with Crippen LogP contribution >= 0.6 is 12.2 Å². The number of allylic oxidation sites excluding steroid dienone is 1. The number of rotatable bonds is 7. The number of hydrogen-bond acceptors (Lipinski definition) is 4. The highest BCUT2D eigenvalue weighted by Crippen LogP contribution is 2.28. The Bertz CT molecular complexity index is 897. The predicted molar refractivity (Wildman–Crippen MR) is 121 cm³/mol. The van der Waals surface area contributed by atoms with Gasteiger partial charge in [-0.1, -0.05) is 43.3 Å². The molecule has 29 heavy (non-hydrogen) atoms. The standard InChI is InChI=1S/C22H27N3O3S/c1-5-8-16-11-12-18(19(13-16)27-4)28-14-20(26)24-25-22(29)23-21-15(3)9-7-10-17(21)6-2/h5,7-13H,6,14H2,1-4H3,(H,24,26)(H2,23,25,29)/b8-5+. The molecule has 0 radical (unpaired) electrons. The molecule has 0 unspecified atom stereocenters. The Hall–Kier alpha value is -3.06. The lowest BCUT2D eigenvalue weighted by atomic mass is 10.1. The van der Waals surface area contributed by atoms with Crippen LogP contribution in [0.2, 0.25) is 0 Å². The first kappa shape index (κ1) is 22.2. The Morgan fingerprint density at radius 1 is 1.17 bits per heavy atom. The minimum absolute atomic E-state index is 0.181. The minimum atomic E-state index is -0.366. The monoisotopic (exact) mass is 413 g/mol. The zero-order chi connectivity index (χ0) is 21.2. The molecule has 0 aromatic heterocycles. The summed E-state index contributed by atoms with van der Waals surface area (Å²) in [5.74, 6) is 0.684. The van der Waals surface area contributed by atoms with Crippen molar-refractivity contribution < 1.29 is 14.3 Å². The molecule has 0 heterocycles. The highest BCUT2D eigenvalue weighted by atomic mass is 32.1. The average Bonchev–Trinajstić information content (AvgIpc) is 2.72. The van der Waals surface area contributed by atoms with Crippen molar-refractivity contribution in [2.45, 2.75) is 27.2 Å². The van der Waals surface area contributed by atoms with E-state index in [-0.39, 0.29) is 12.5 Å². The second-order valence-corrected chi connectivity index (χ2v) is 6.70. The lowest BCUT2D eigenvalue weighted by molar-refractivity contribution is -0.123. The highest BCUT2D eigenvalue weighted by Gasteiger charge is 2.10. The predicted octanol–water partition coefficient (Wildman–Crippen LogP) is 4.00. The fourth-order valence-electron chi connectivity index (χ4n) is 2.75. The first-order valence-corrected chi connectivity index (χ1v) is 9.77. The summed E-state index contributed by atoms with van der Waals surface area (Å²) in [5.41, 5.74) is 9.40. The fourth-order valence-corrected chi connectivity index (χ4v) is 2.91. The number of carbonyl (C=O) groups is 1. The van der Waals surface area contributed by atoms with Crippen molar-refractivity contribution in [3.05, 3.63) is 59.2 Å². The molecule has 0 saturated carbocycles. The van der Waals surface area contributed by atoms with E-state index < -0.39 is 0 Å². The molecular weight excluding hydrogens is 386 g/mol. The second-order valence-electron chi connectivity index (χ2n) is 6.29. The summed E-state index contributed by atoms with van der Waals surface area (Å²) in [6.07, 6.45) is 4.77. The first-order chi connectivity index (χ1) is 14.0. The van der Waals surface area contributed by atoms with Gasteiger partial charge in [0.1, 0.15) is 0 Å². The average molecular weight is 414 g/mol. The summed E-state index contributed by atoms with van der Waals surface area (Å²) in [6.45, 7) is 5.84. The van der Waals surface area contributed by atoms with Gasteiger partial charge in [0.25, 0.3) is 5.91 Å². The van der Waals surface area contributed by atoms with Gasteiger partial charge in [0.05, 0.1) is 7.11 Å². The molecule has 2 aromatic rings. The van der Waals surface area contributed by atoms with Gasteiger partial charge >= 0.3 is 0 Å². The zero-order valence-electron chi connectivity index (χ0n) is 17.2. The summed E-state index contributed by atoms with van der Waals surface area (Å²) in [7, 11) is 1.56. The van der Waals surface area contributed by atoms with E-state index in [2.05, 4.69) is 23.1 Å². The number of hydrogen-bond donors (Lipinski definition) is 3. The van der Waals surface area contributed by atoms with Crippen LogP contribution in [0.1, 0.15) is 30.5 Å². The van der Waals surface area contributed by atoms with Crippen molar-refractivity contribution in [3.8, 4) is 11.5 Å². The van der Waals surface area contributed by atoms with Gasteiger partial charge in [-0.25, -0.2) is 0 Å².